The summed E-state index contributed by atoms with van der Waals surface area (Å²) in [7, 11) is 0. The van der Waals surface area contributed by atoms with E-state index in [4.69, 9.17) is 9.84 Å². The van der Waals surface area contributed by atoms with E-state index in [0.717, 1.165) is 0 Å². The van der Waals surface area contributed by atoms with Crippen LogP contribution in [0.25, 0.3) is 0 Å². The number of nitrogens with one attached hydrogen (secondary N) is 1. The fourth-order valence-electron chi connectivity index (χ4n) is 0.877. The van der Waals surface area contributed by atoms with Gasteiger partial charge in [0.2, 0.25) is 5.91 Å². The average Bonchev–Trinajstić information content (AvgIpc) is 2.13. The van der Waals surface area contributed by atoms with Crippen molar-refractivity contribution < 1.29 is 19.4 Å². The van der Waals surface area contributed by atoms with Crippen LogP contribution in [0.3, 0.4) is 0 Å². The van der Waals surface area contributed by atoms with Crippen molar-refractivity contribution in [2.75, 3.05) is 6.61 Å². The molecule has 0 heterocycles. The summed E-state index contributed by atoms with van der Waals surface area (Å²) in [6.07, 6.45) is -0.0112. The molecule has 2 unspecified atom stereocenters. The van der Waals surface area contributed by atoms with E-state index < -0.39 is 17.9 Å². The van der Waals surface area contributed by atoms with Crippen molar-refractivity contribution in [3.05, 3.63) is 0 Å². The second-order valence-electron chi connectivity index (χ2n) is 3.84. The second-order valence-corrected chi connectivity index (χ2v) is 3.84. The number of carboxylic acids is 1. The van der Waals surface area contributed by atoms with Gasteiger partial charge in [-0.25, -0.2) is 0 Å². The Morgan fingerprint density at radius 3 is 2.20 bits per heavy atom. The van der Waals surface area contributed by atoms with Gasteiger partial charge in [-0.15, -0.1) is 0 Å². The summed E-state index contributed by atoms with van der Waals surface area (Å²) in [6, 6.07) is -0.397. The molecule has 2 atom stereocenters. The molecule has 0 aromatic heterocycles. The molecule has 0 aromatic rings. The number of rotatable bonds is 6. The van der Waals surface area contributed by atoms with Crippen molar-refractivity contribution in [3.8, 4) is 0 Å². The third-order valence-electron chi connectivity index (χ3n) is 2.08. The molecule has 0 spiro atoms. The van der Waals surface area contributed by atoms with Crippen LogP contribution in [0.15, 0.2) is 0 Å². The van der Waals surface area contributed by atoms with Gasteiger partial charge >= 0.3 is 5.97 Å². The molecule has 0 aliphatic rings. The van der Waals surface area contributed by atoms with E-state index in [9.17, 15) is 9.59 Å². The monoisotopic (exact) mass is 217 g/mol. The maximum Gasteiger partial charge on any atom is 0.308 e. The van der Waals surface area contributed by atoms with Crippen molar-refractivity contribution in [1.82, 2.24) is 5.32 Å². The molecule has 0 aliphatic heterocycles. The van der Waals surface area contributed by atoms with Crippen LogP contribution >= 0.6 is 0 Å². The van der Waals surface area contributed by atoms with E-state index in [0.29, 0.717) is 0 Å². The second kappa shape index (κ2) is 6.40. The van der Waals surface area contributed by atoms with Crippen LogP contribution in [0.1, 0.15) is 27.7 Å². The lowest BCUT2D eigenvalue weighted by molar-refractivity contribution is -0.142. The summed E-state index contributed by atoms with van der Waals surface area (Å²) in [6.45, 7) is 6.84. The molecule has 0 radical (unpaired) electrons. The third kappa shape index (κ3) is 6.06. The Hall–Kier alpha value is -1.10. The minimum Gasteiger partial charge on any atom is -0.481 e. The number of carbonyl (C=O) groups excluding carboxylic acids is 1. The molecule has 0 fully saturated rings. The summed E-state index contributed by atoms with van der Waals surface area (Å²) in [5, 5.41) is 11.3. The number of aliphatic carboxylic acids is 1. The van der Waals surface area contributed by atoms with Gasteiger partial charge < -0.3 is 15.2 Å². The lowest BCUT2D eigenvalue weighted by atomic mass is 10.0. The first-order valence-corrected chi connectivity index (χ1v) is 4.98. The van der Waals surface area contributed by atoms with Gasteiger partial charge in [0, 0.05) is 6.04 Å². The maximum absolute atomic E-state index is 11.3. The smallest absolute Gasteiger partial charge is 0.308 e. The van der Waals surface area contributed by atoms with Crippen LogP contribution < -0.4 is 5.32 Å². The molecule has 0 aliphatic carbocycles. The SMILES string of the molecule is CC(C)OCC(=O)NC(C)C(C)C(=O)O. The topological polar surface area (TPSA) is 75.6 Å². The zero-order chi connectivity index (χ0) is 12.0. The number of carbonyl (C=O) groups is 2. The Morgan fingerprint density at radius 2 is 1.80 bits per heavy atom. The van der Waals surface area contributed by atoms with Gasteiger partial charge in [0.1, 0.15) is 6.61 Å². The molecule has 5 heteroatoms. The van der Waals surface area contributed by atoms with Gasteiger partial charge in [0.05, 0.1) is 12.0 Å². The highest BCUT2D eigenvalue weighted by Gasteiger charge is 2.20. The van der Waals surface area contributed by atoms with E-state index in [-0.39, 0.29) is 18.6 Å². The fourth-order valence-corrected chi connectivity index (χ4v) is 0.877. The molecule has 88 valence electrons. The van der Waals surface area contributed by atoms with Crippen molar-refractivity contribution >= 4 is 11.9 Å². The average molecular weight is 217 g/mol. The molecule has 0 saturated carbocycles. The molecule has 0 aromatic carbocycles. The molecule has 0 bridgehead atoms. The van der Waals surface area contributed by atoms with E-state index in [1.54, 1.807) is 13.8 Å². The number of amides is 1. The summed E-state index contributed by atoms with van der Waals surface area (Å²) in [5.74, 6) is -1.81. The summed E-state index contributed by atoms with van der Waals surface area (Å²) < 4.78 is 5.09. The summed E-state index contributed by atoms with van der Waals surface area (Å²) in [4.78, 5) is 21.9. The fraction of sp³-hybridized carbons (Fsp3) is 0.800. The number of ether oxygens (including phenoxy) is 1. The lowest BCUT2D eigenvalue weighted by Crippen LogP contribution is -2.41. The molecular weight excluding hydrogens is 198 g/mol. The molecule has 0 rings (SSSR count). The largest absolute Gasteiger partial charge is 0.481 e. The van der Waals surface area contributed by atoms with Crippen molar-refractivity contribution in [2.24, 2.45) is 5.92 Å². The third-order valence-corrected chi connectivity index (χ3v) is 2.08. The molecule has 15 heavy (non-hydrogen) atoms. The standard InChI is InChI=1S/C10H19NO4/c1-6(2)15-5-9(12)11-8(4)7(3)10(13)14/h6-8H,5H2,1-4H3,(H,11,12)(H,13,14). The van der Waals surface area contributed by atoms with E-state index >= 15 is 0 Å². The van der Waals surface area contributed by atoms with E-state index in [1.807, 2.05) is 13.8 Å². The van der Waals surface area contributed by atoms with Crippen molar-refractivity contribution in [1.29, 1.82) is 0 Å². The van der Waals surface area contributed by atoms with E-state index in [1.165, 1.54) is 0 Å². The molecule has 2 N–H and O–H groups in total. The minimum atomic E-state index is -0.924. The van der Waals surface area contributed by atoms with Gasteiger partial charge in [-0.1, -0.05) is 0 Å². The quantitative estimate of drug-likeness (QED) is 0.684. The van der Waals surface area contributed by atoms with Gasteiger partial charge in [-0.05, 0) is 27.7 Å². The van der Waals surface area contributed by atoms with Crippen molar-refractivity contribution in [2.45, 2.75) is 39.8 Å². The first-order chi connectivity index (χ1) is 6.84. The molecular formula is C10H19NO4. The maximum atomic E-state index is 11.3. The van der Waals surface area contributed by atoms with Crippen LogP contribution in [0, 0.1) is 5.92 Å². The Bertz CT molecular complexity index is 227. The number of carboxylic acid groups (broad SMARTS) is 1. The Labute approximate surface area is 89.8 Å². The molecule has 0 saturated heterocycles. The Morgan fingerprint density at radius 1 is 1.27 bits per heavy atom. The highest BCUT2D eigenvalue weighted by atomic mass is 16.5. The van der Waals surface area contributed by atoms with Crippen LogP contribution in [-0.2, 0) is 14.3 Å². The highest BCUT2D eigenvalue weighted by molar-refractivity contribution is 5.78. The summed E-state index contributed by atoms with van der Waals surface area (Å²) in [5.41, 5.74) is 0. The van der Waals surface area contributed by atoms with Gasteiger partial charge in [0.15, 0.2) is 0 Å². The molecule has 1 amide bonds. The zero-order valence-corrected chi connectivity index (χ0v) is 9.61. The lowest BCUT2D eigenvalue weighted by Gasteiger charge is -2.18. The van der Waals surface area contributed by atoms with Crippen molar-refractivity contribution in [3.63, 3.8) is 0 Å². The van der Waals surface area contributed by atoms with Gasteiger partial charge in [-0.3, -0.25) is 9.59 Å². The van der Waals surface area contributed by atoms with Crippen LogP contribution in [-0.4, -0.2) is 35.7 Å². The normalized spacial score (nSPS) is 14.7. The van der Waals surface area contributed by atoms with Crippen LogP contribution in [0.5, 0.6) is 0 Å². The predicted molar refractivity (Wildman–Crippen MR) is 55.5 cm³/mol. The Balaban J connectivity index is 3.91. The van der Waals surface area contributed by atoms with Crippen LogP contribution in [0.2, 0.25) is 0 Å². The highest BCUT2D eigenvalue weighted by Crippen LogP contribution is 2.02. The summed E-state index contributed by atoms with van der Waals surface area (Å²) >= 11 is 0. The minimum absolute atomic E-state index is 0.0112. The zero-order valence-electron chi connectivity index (χ0n) is 9.61. The molecule has 5 nitrogen and oxygen atoms in total. The Kier molecular flexibility index (Phi) is 5.93. The first kappa shape index (κ1) is 13.9. The predicted octanol–water partition coefficient (Wildman–Crippen LogP) is 0.637. The van der Waals surface area contributed by atoms with E-state index in [2.05, 4.69) is 5.32 Å². The van der Waals surface area contributed by atoms with Crippen LogP contribution in [0.4, 0.5) is 0 Å². The van der Waals surface area contributed by atoms with Gasteiger partial charge in [0.25, 0.3) is 0 Å². The van der Waals surface area contributed by atoms with Gasteiger partial charge in [-0.2, -0.15) is 0 Å². The first-order valence-electron chi connectivity index (χ1n) is 4.98. The number of hydrogen-bond donors (Lipinski definition) is 2. The number of hydrogen-bond acceptors (Lipinski definition) is 3.